The van der Waals surface area contributed by atoms with Crippen LogP contribution < -0.4 is 0 Å². The first-order chi connectivity index (χ1) is 32.9. The number of carbonyl (C=O) groups is 1. The van der Waals surface area contributed by atoms with Crippen LogP contribution in [0.25, 0.3) is 0 Å². The molecule has 4 N–H and O–H groups in total. The molecule has 0 aliphatic carbocycles. The lowest BCUT2D eigenvalue weighted by molar-refractivity contribution is -0.305. The highest BCUT2D eigenvalue weighted by Gasteiger charge is 2.44. The van der Waals surface area contributed by atoms with Crippen LogP contribution in [0.2, 0.25) is 0 Å². The summed E-state index contributed by atoms with van der Waals surface area (Å²) in [5.41, 5.74) is 0. The minimum Gasteiger partial charge on any atom is -0.457 e. The molecule has 1 aliphatic heterocycles. The Kier molecular flexibility index (Phi) is 44.2. The summed E-state index contributed by atoms with van der Waals surface area (Å²) in [5.74, 6) is -0.335. The molecule has 382 valence electrons. The van der Waals surface area contributed by atoms with Crippen molar-refractivity contribution in [1.82, 2.24) is 0 Å². The van der Waals surface area contributed by atoms with E-state index in [1.54, 1.807) is 0 Å². The molecule has 0 aromatic rings. The summed E-state index contributed by atoms with van der Waals surface area (Å²) in [6.07, 6.45) is 61.2. The average molecular weight is 937 g/mol. The Hall–Kier alpha value is -3.15. The number of aliphatic hydroxyl groups excluding tert-OH is 4. The fourth-order valence-corrected chi connectivity index (χ4v) is 7.32. The number of hydrogen-bond donors (Lipinski definition) is 4. The van der Waals surface area contributed by atoms with Gasteiger partial charge in [0.25, 0.3) is 0 Å². The van der Waals surface area contributed by atoms with Crippen molar-refractivity contribution in [2.24, 2.45) is 0 Å². The topological polar surface area (TPSA) is 135 Å². The molecule has 1 aliphatic rings. The molecule has 1 saturated heterocycles. The number of carbonyl (C=O) groups excluding carboxylic acids is 1. The lowest BCUT2D eigenvalue weighted by Gasteiger charge is -2.39. The standard InChI is InChI=1S/C58H96O9/c1-3-5-7-9-11-13-15-17-19-21-23-24-25-26-27-28-29-30-32-34-36-38-40-42-44-46-48-64-50-52(51-65-58-57(63)56(62)55(61)53(49-59)67-58)66-54(60)47-45-43-41-39-37-35-33-31-22-20-18-16-14-12-10-8-6-4-2/h5,7,11,13-14,16-17,19-20,22-24,26-27,29-30,34,36,52-53,55-59,61-63H,3-4,6,8-10,12,15,18,21,25,28,31-33,35,37-51H2,1-2H3/b7-5-,13-11-,16-14-,19-17-,22-20-,24-23-,27-26-,30-29-,36-34-. The Morgan fingerprint density at radius 1 is 0.493 bits per heavy atom. The molecule has 0 bridgehead atoms. The van der Waals surface area contributed by atoms with E-state index in [2.05, 4.69) is 123 Å². The Labute approximate surface area is 408 Å². The summed E-state index contributed by atoms with van der Waals surface area (Å²) in [6, 6.07) is 0. The van der Waals surface area contributed by atoms with E-state index >= 15 is 0 Å². The minimum atomic E-state index is -1.55. The van der Waals surface area contributed by atoms with Crippen molar-refractivity contribution >= 4 is 5.97 Å². The number of hydrogen-bond acceptors (Lipinski definition) is 9. The van der Waals surface area contributed by atoms with Crippen LogP contribution in [0.3, 0.4) is 0 Å². The van der Waals surface area contributed by atoms with Gasteiger partial charge < -0.3 is 39.4 Å². The van der Waals surface area contributed by atoms with Gasteiger partial charge in [0.1, 0.15) is 30.5 Å². The van der Waals surface area contributed by atoms with E-state index in [-0.39, 0.29) is 19.2 Å². The first kappa shape index (κ1) is 61.9. The second-order valence-corrected chi connectivity index (χ2v) is 17.6. The molecule has 9 heteroatoms. The first-order valence-corrected chi connectivity index (χ1v) is 26.5. The van der Waals surface area contributed by atoms with Gasteiger partial charge in [0.15, 0.2) is 6.29 Å². The Balaban J connectivity index is 2.24. The van der Waals surface area contributed by atoms with Crippen molar-refractivity contribution < 1.29 is 44.2 Å². The van der Waals surface area contributed by atoms with E-state index in [9.17, 15) is 25.2 Å². The zero-order chi connectivity index (χ0) is 48.5. The van der Waals surface area contributed by atoms with E-state index in [0.29, 0.717) is 13.0 Å². The maximum Gasteiger partial charge on any atom is 0.306 e. The number of allylic oxidation sites excluding steroid dienone is 18. The van der Waals surface area contributed by atoms with Crippen LogP contribution in [-0.2, 0) is 23.7 Å². The van der Waals surface area contributed by atoms with Gasteiger partial charge in [-0.05, 0) is 103 Å². The highest BCUT2D eigenvalue weighted by atomic mass is 16.7. The molecule has 1 fully saturated rings. The Bertz CT molecular complexity index is 1390. The molecular weight excluding hydrogens is 841 g/mol. The van der Waals surface area contributed by atoms with Crippen LogP contribution in [-0.4, -0.2) is 89.6 Å². The van der Waals surface area contributed by atoms with E-state index in [1.165, 1.54) is 51.4 Å². The van der Waals surface area contributed by atoms with Gasteiger partial charge in [-0.3, -0.25) is 4.79 Å². The summed E-state index contributed by atoms with van der Waals surface area (Å²) in [5, 5.41) is 40.3. The lowest BCUT2D eigenvalue weighted by atomic mass is 9.99. The van der Waals surface area contributed by atoms with Gasteiger partial charge in [0, 0.05) is 13.0 Å². The van der Waals surface area contributed by atoms with Gasteiger partial charge in [0.2, 0.25) is 0 Å². The van der Waals surface area contributed by atoms with Crippen molar-refractivity contribution in [3.05, 3.63) is 109 Å². The Morgan fingerprint density at radius 3 is 1.37 bits per heavy atom. The number of aliphatic hydroxyl groups is 4. The fourth-order valence-electron chi connectivity index (χ4n) is 7.32. The largest absolute Gasteiger partial charge is 0.457 e. The molecule has 1 rings (SSSR count). The summed E-state index contributed by atoms with van der Waals surface area (Å²) in [4.78, 5) is 12.8. The molecule has 0 amide bonds. The van der Waals surface area contributed by atoms with Gasteiger partial charge in [-0.15, -0.1) is 0 Å². The Morgan fingerprint density at radius 2 is 0.910 bits per heavy atom. The van der Waals surface area contributed by atoms with Crippen molar-refractivity contribution in [3.63, 3.8) is 0 Å². The highest BCUT2D eigenvalue weighted by Crippen LogP contribution is 2.22. The van der Waals surface area contributed by atoms with Gasteiger partial charge in [0.05, 0.1) is 19.8 Å². The SMILES string of the molecule is CC/C=C\C/C=C\C/C=C\C/C=C\C/C=C\C/C=C\C/C=C\CCCCCCOCC(COC1OC(CO)C(O)C(O)C1O)OC(=O)CCCCCCCCC/C=C\C/C=C\CCCCCC. The number of esters is 1. The van der Waals surface area contributed by atoms with Crippen LogP contribution in [0.1, 0.15) is 187 Å². The quantitative estimate of drug-likeness (QED) is 0.0267. The normalized spacial score (nSPS) is 20.1. The molecule has 9 nitrogen and oxygen atoms in total. The number of unbranched alkanes of at least 4 members (excludes halogenated alkanes) is 15. The maximum absolute atomic E-state index is 12.8. The van der Waals surface area contributed by atoms with Crippen LogP contribution in [0.15, 0.2) is 109 Å². The van der Waals surface area contributed by atoms with Crippen molar-refractivity contribution in [3.8, 4) is 0 Å². The summed E-state index contributed by atoms with van der Waals surface area (Å²) in [6.45, 7) is 4.34. The fraction of sp³-hybridized carbons (Fsp3) is 0.672. The molecule has 0 saturated carbocycles. The van der Waals surface area contributed by atoms with E-state index in [4.69, 9.17) is 18.9 Å². The second-order valence-electron chi connectivity index (χ2n) is 17.6. The highest BCUT2D eigenvalue weighted by molar-refractivity contribution is 5.69. The molecule has 6 unspecified atom stereocenters. The third kappa shape index (κ3) is 38.4. The van der Waals surface area contributed by atoms with E-state index < -0.39 is 43.4 Å². The minimum absolute atomic E-state index is 0.117. The first-order valence-electron chi connectivity index (χ1n) is 26.5. The molecule has 67 heavy (non-hydrogen) atoms. The molecule has 0 radical (unpaired) electrons. The smallest absolute Gasteiger partial charge is 0.306 e. The van der Waals surface area contributed by atoms with Gasteiger partial charge in [-0.2, -0.15) is 0 Å². The summed E-state index contributed by atoms with van der Waals surface area (Å²) < 4.78 is 22.9. The molecular formula is C58H96O9. The number of rotatable bonds is 44. The van der Waals surface area contributed by atoms with Crippen LogP contribution in [0.5, 0.6) is 0 Å². The monoisotopic (exact) mass is 937 g/mol. The predicted molar refractivity (Wildman–Crippen MR) is 279 cm³/mol. The van der Waals surface area contributed by atoms with Crippen LogP contribution in [0, 0.1) is 0 Å². The van der Waals surface area contributed by atoms with Gasteiger partial charge in [-0.25, -0.2) is 0 Å². The zero-order valence-corrected chi connectivity index (χ0v) is 42.1. The number of ether oxygens (including phenoxy) is 4. The third-order valence-corrected chi connectivity index (χ3v) is 11.4. The second kappa shape index (κ2) is 47.9. The average Bonchev–Trinajstić information content (AvgIpc) is 3.33. The van der Waals surface area contributed by atoms with Gasteiger partial charge >= 0.3 is 5.97 Å². The summed E-state index contributed by atoms with van der Waals surface area (Å²) >= 11 is 0. The predicted octanol–water partition coefficient (Wildman–Crippen LogP) is 13.3. The lowest BCUT2D eigenvalue weighted by Crippen LogP contribution is -2.59. The van der Waals surface area contributed by atoms with Crippen LogP contribution >= 0.6 is 0 Å². The van der Waals surface area contributed by atoms with E-state index in [0.717, 1.165) is 116 Å². The zero-order valence-electron chi connectivity index (χ0n) is 42.1. The molecule has 0 spiro atoms. The van der Waals surface area contributed by atoms with Gasteiger partial charge in [-0.1, -0.05) is 187 Å². The summed E-state index contributed by atoms with van der Waals surface area (Å²) in [7, 11) is 0. The van der Waals surface area contributed by atoms with Crippen molar-refractivity contribution in [2.75, 3.05) is 26.4 Å². The molecule has 0 aromatic carbocycles. The van der Waals surface area contributed by atoms with Crippen molar-refractivity contribution in [2.45, 2.75) is 224 Å². The molecule has 1 heterocycles. The van der Waals surface area contributed by atoms with Crippen molar-refractivity contribution in [1.29, 1.82) is 0 Å². The van der Waals surface area contributed by atoms with Crippen LogP contribution in [0.4, 0.5) is 0 Å². The van der Waals surface area contributed by atoms with E-state index in [1.807, 2.05) is 0 Å². The maximum atomic E-state index is 12.8. The third-order valence-electron chi connectivity index (χ3n) is 11.4. The molecule has 6 atom stereocenters. The molecule has 0 aromatic heterocycles.